The number of fused-ring (bicyclic) bond motifs is 1. The highest BCUT2D eigenvalue weighted by molar-refractivity contribution is 5.61. The molecule has 2 aromatic rings. The van der Waals surface area contributed by atoms with Crippen molar-refractivity contribution in [1.82, 2.24) is 4.90 Å². The van der Waals surface area contributed by atoms with E-state index >= 15 is 0 Å². The summed E-state index contributed by atoms with van der Waals surface area (Å²) in [5.74, 6) is 0. The maximum absolute atomic E-state index is 3.45. The van der Waals surface area contributed by atoms with Gasteiger partial charge in [-0.3, -0.25) is 0 Å². The molecule has 0 unspecified atom stereocenters. The van der Waals surface area contributed by atoms with Crippen LogP contribution in [0.3, 0.4) is 0 Å². The van der Waals surface area contributed by atoms with Gasteiger partial charge < -0.3 is 10.2 Å². The number of hydrogen-bond donors (Lipinski definition) is 1. The molecule has 0 radical (unpaired) electrons. The Morgan fingerprint density at radius 1 is 0.944 bits per heavy atom. The summed E-state index contributed by atoms with van der Waals surface area (Å²) in [5, 5.41) is 3.45. The van der Waals surface area contributed by atoms with E-state index < -0.39 is 0 Å². The number of rotatable bonds is 2. The van der Waals surface area contributed by atoms with Crippen molar-refractivity contribution < 1.29 is 0 Å². The van der Waals surface area contributed by atoms with E-state index in [4.69, 9.17) is 0 Å². The molecule has 0 aromatic heterocycles. The molecule has 2 nitrogen and oxygen atoms in total. The van der Waals surface area contributed by atoms with Crippen LogP contribution in [0.15, 0.2) is 48.5 Å². The first kappa shape index (κ1) is 11.3. The van der Waals surface area contributed by atoms with Gasteiger partial charge in [0.2, 0.25) is 0 Å². The maximum atomic E-state index is 3.45. The first-order chi connectivity index (χ1) is 8.81. The van der Waals surface area contributed by atoms with Crippen molar-refractivity contribution in [2.45, 2.75) is 13.0 Å². The van der Waals surface area contributed by atoms with Crippen LogP contribution in [0.25, 0.3) is 0 Å². The SMILES string of the molecule is CN1CCc2cc(Nc3ccccc3)ccc2C1. The Kier molecular flexibility index (Phi) is 3.03. The Morgan fingerprint density at radius 3 is 2.61 bits per heavy atom. The van der Waals surface area contributed by atoms with Crippen molar-refractivity contribution in [3.05, 3.63) is 59.7 Å². The number of benzene rings is 2. The van der Waals surface area contributed by atoms with E-state index in [9.17, 15) is 0 Å². The lowest BCUT2D eigenvalue weighted by atomic mass is 9.99. The highest BCUT2D eigenvalue weighted by atomic mass is 15.1. The molecule has 3 rings (SSSR count). The van der Waals surface area contributed by atoms with Crippen molar-refractivity contribution in [3.63, 3.8) is 0 Å². The molecule has 1 aliphatic heterocycles. The third-order valence-electron chi connectivity index (χ3n) is 3.47. The van der Waals surface area contributed by atoms with Gasteiger partial charge in [-0.15, -0.1) is 0 Å². The topological polar surface area (TPSA) is 15.3 Å². The molecule has 92 valence electrons. The summed E-state index contributed by atoms with van der Waals surface area (Å²) in [6.07, 6.45) is 1.15. The van der Waals surface area contributed by atoms with Gasteiger partial charge >= 0.3 is 0 Å². The van der Waals surface area contributed by atoms with E-state index in [0.29, 0.717) is 0 Å². The average Bonchev–Trinajstić information content (AvgIpc) is 2.40. The second kappa shape index (κ2) is 4.83. The molecular formula is C16H18N2. The fourth-order valence-electron chi connectivity index (χ4n) is 2.46. The highest BCUT2D eigenvalue weighted by Crippen LogP contribution is 2.24. The van der Waals surface area contributed by atoms with Gasteiger partial charge in [-0.25, -0.2) is 0 Å². The van der Waals surface area contributed by atoms with Crippen LogP contribution >= 0.6 is 0 Å². The minimum absolute atomic E-state index is 1.07. The summed E-state index contributed by atoms with van der Waals surface area (Å²) in [6, 6.07) is 17.0. The minimum atomic E-state index is 1.07. The van der Waals surface area contributed by atoms with Gasteiger partial charge in [0.1, 0.15) is 0 Å². The van der Waals surface area contributed by atoms with Crippen LogP contribution in [0, 0.1) is 0 Å². The minimum Gasteiger partial charge on any atom is -0.356 e. The summed E-state index contributed by atoms with van der Waals surface area (Å²) < 4.78 is 0. The summed E-state index contributed by atoms with van der Waals surface area (Å²) >= 11 is 0. The van der Waals surface area contributed by atoms with Crippen LogP contribution in [0.1, 0.15) is 11.1 Å². The summed E-state index contributed by atoms with van der Waals surface area (Å²) in [6.45, 7) is 2.22. The van der Waals surface area contributed by atoms with Gasteiger partial charge in [0.15, 0.2) is 0 Å². The van der Waals surface area contributed by atoms with Crippen LogP contribution in [-0.2, 0) is 13.0 Å². The molecule has 2 heteroatoms. The first-order valence-electron chi connectivity index (χ1n) is 6.44. The zero-order valence-corrected chi connectivity index (χ0v) is 10.7. The molecule has 0 spiro atoms. The molecule has 0 saturated carbocycles. The predicted molar refractivity (Wildman–Crippen MR) is 76.2 cm³/mol. The van der Waals surface area contributed by atoms with E-state index in [-0.39, 0.29) is 0 Å². The van der Waals surface area contributed by atoms with E-state index in [1.807, 2.05) is 6.07 Å². The zero-order valence-electron chi connectivity index (χ0n) is 10.7. The Bertz CT molecular complexity index is 534. The number of anilines is 2. The third kappa shape index (κ3) is 2.39. The highest BCUT2D eigenvalue weighted by Gasteiger charge is 2.12. The lowest BCUT2D eigenvalue weighted by Crippen LogP contribution is -2.26. The van der Waals surface area contributed by atoms with Gasteiger partial charge in [-0.05, 0) is 48.9 Å². The van der Waals surface area contributed by atoms with Crippen molar-refractivity contribution in [2.24, 2.45) is 0 Å². The monoisotopic (exact) mass is 238 g/mol. The zero-order chi connectivity index (χ0) is 12.4. The molecule has 0 fully saturated rings. The van der Waals surface area contributed by atoms with E-state index in [1.54, 1.807) is 0 Å². The van der Waals surface area contributed by atoms with E-state index in [0.717, 1.165) is 25.2 Å². The second-order valence-corrected chi connectivity index (χ2v) is 4.96. The Balaban J connectivity index is 1.82. The van der Waals surface area contributed by atoms with Crippen molar-refractivity contribution >= 4 is 11.4 Å². The van der Waals surface area contributed by atoms with Crippen LogP contribution in [-0.4, -0.2) is 18.5 Å². The van der Waals surface area contributed by atoms with Gasteiger partial charge in [0, 0.05) is 24.5 Å². The largest absolute Gasteiger partial charge is 0.356 e. The standard InChI is InChI=1S/C16H18N2/c1-18-10-9-13-11-16(8-7-14(13)12-18)17-15-5-3-2-4-6-15/h2-8,11,17H,9-10,12H2,1H3. The Hall–Kier alpha value is -1.80. The Morgan fingerprint density at radius 2 is 1.78 bits per heavy atom. The Labute approximate surface area is 108 Å². The second-order valence-electron chi connectivity index (χ2n) is 4.96. The molecule has 1 heterocycles. The molecule has 0 saturated heterocycles. The number of likely N-dealkylation sites (N-methyl/N-ethyl adjacent to an activating group) is 1. The lowest BCUT2D eigenvalue weighted by molar-refractivity contribution is 0.313. The lowest BCUT2D eigenvalue weighted by Gasteiger charge is -2.25. The molecule has 0 bridgehead atoms. The van der Waals surface area contributed by atoms with E-state index in [1.165, 1.54) is 16.8 Å². The summed E-state index contributed by atoms with van der Waals surface area (Å²) in [4.78, 5) is 2.37. The normalized spacial score (nSPS) is 15.2. The number of hydrogen-bond acceptors (Lipinski definition) is 2. The van der Waals surface area contributed by atoms with Gasteiger partial charge in [-0.1, -0.05) is 24.3 Å². The number of nitrogens with one attached hydrogen (secondary N) is 1. The molecule has 2 aromatic carbocycles. The number of para-hydroxylation sites is 1. The predicted octanol–water partition coefficient (Wildman–Crippen LogP) is 3.42. The van der Waals surface area contributed by atoms with Gasteiger partial charge in [0.05, 0.1) is 0 Å². The smallest absolute Gasteiger partial charge is 0.0387 e. The fraction of sp³-hybridized carbons (Fsp3) is 0.250. The molecule has 1 N–H and O–H groups in total. The summed E-state index contributed by atoms with van der Waals surface area (Å²) in [5.41, 5.74) is 5.27. The van der Waals surface area contributed by atoms with E-state index in [2.05, 4.69) is 59.7 Å². The molecular weight excluding hydrogens is 220 g/mol. The molecule has 1 aliphatic rings. The molecule has 0 aliphatic carbocycles. The van der Waals surface area contributed by atoms with Crippen LogP contribution in [0.2, 0.25) is 0 Å². The van der Waals surface area contributed by atoms with Gasteiger partial charge in [-0.2, -0.15) is 0 Å². The van der Waals surface area contributed by atoms with Crippen molar-refractivity contribution in [3.8, 4) is 0 Å². The van der Waals surface area contributed by atoms with Crippen LogP contribution in [0.5, 0.6) is 0 Å². The molecule has 18 heavy (non-hydrogen) atoms. The van der Waals surface area contributed by atoms with Crippen LogP contribution < -0.4 is 5.32 Å². The molecule has 0 amide bonds. The molecule has 0 atom stereocenters. The summed E-state index contributed by atoms with van der Waals surface area (Å²) in [7, 11) is 2.18. The van der Waals surface area contributed by atoms with Crippen LogP contribution in [0.4, 0.5) is 11.4 Å². The maximum Gasteiger partial charge on any atom is 0.0387 e. The third-order valence-corrected chi connectivity index (χ3v) is 3.47. The fourth-order valence-corrected chi connectivity index (χ4v) is 2.46. The quantitative estimate of drug-likeness (QED) is 0.862. The van der Waals surface area contributed by atoms with Gasteiger partial charge in [0.25, 0.3) is 0 Å². The first-order valence-corrected chi connectivity index (χ1v) is 6.44. The van der Waals surface area contributed by atoms with Crippen molar-refractivity contribution in [1.29, 1.82) is 0 Å². The average molecular weight is 238 g/mol. The number of nitrogens with zero attached hydrogens (tertiary/aromatic N) is 1. The van der Waals surface area contributed by atoms with Crippen molar-refractivity contribution in [2.75, 3.05) is 18.9 Å².